The molecule has 0 aliphatic carbocycles. The van der Waals surface area contributed by atoms with Gasteiger partial charge in [0, 0.05) is 76.9 Å². The molecule has 0 radical (unpaired) electrons. The molecular formula is C38H42ClN5O4S2. The summed E-state index contributed by atoms with van der Waals surface area (Å²) < 4.78 is 11.2. The van der Waals surface area contributed by atoms with Gasteiger partial charge in [0.2, 0.25) is 0 Å². The third-order valence-electron chi connectivity index (χ3n) is 9.15. The first-order valence-electron chi connectivity index (χ1n) is 16.6. The van der Waals surface area contributed by atoms with Crippen molar-refractivity contribution in [3.05, 3.63) is 93.7 Å². The van der Waals surface area contributed by atoms with Crippen molar-refractivity contribution in [3.8, 4) is 16.9 Å². The van der Waals surface area contributed by atoms with E-state index in [1.807, 2.05) is 79.8 Å². The second-order valence-electron chi connectivity index (χ2n) is 12.4. The number of aliphatic hydroxyl groups excluding tert-OH is 1. The summed E-state index contributed by atoms with van der Waals surface area (Å²) in [6, 6.07) is 17.8. The highest BCUT2D eigenvalue weighted by molar-refractivity contribution is 7.98. The molecule has 50 heavy (non-hydrogen) atoms. The van der Waals surface area contributed by atoms with Gasteiger partial charge in [0.1, 0.15) is 11.4 Å². The van der Waals surface area contributed by atoms with E-state index in [9.17, 15) is 15.0 Å². The van der Waals surface area contributed by atoms with Gasteiger partial charge in [-0.2, -0.15) is 22.0 Å². The number of aromatic hydroxyl groups is 1. The van der Waals surface area contributed by atoms with Gasteiger partial charge in [-0.25, -0.2) is 4.79 Å². The van der Waals surface area contributed by atoms with Crippen LogP contribution < -0.4 is 0 Å². The fraction of sp³-hybridized carbons (Fsp3) is 0.342. The molecule has 0 amide bonds. The molecule has 0 aliphatic rings. The first-order valence-corrected chi connectivity index (χ1v) is 19.1. The van der Waals surface area contributed by atoms with Crippen molar-refractivity contribution < 1.29 is 19.7 Å². The number of halogens is 1. The van der Waals surface area contributed by atoms with E-state index in [4.69, 9.17) is 21.4 Å². The van der Waals surface area contributed by atoms with E-state index in [0.717, 1.165) is 89.7 Å². The van der Waals surface area contributed by atoms with Crippen LogP contribution in [0, 0.1) is 13.8 Å². The number of nitrogens with zero attached hydrogens (tertiary/aromatic N) is 5. The maximum atomic E-state index is 13.4. The van der Waals surface area contributed by atoms with Crippen LogP contribution in [0.5, 0.6) is 5.75 Å². The number of thioether (sulfide) groups is 2. The Balaban J connectivity index is 1.20. The topological polar surface area (TPSA) is 107 Å². The molecule has 3 aromatic carbocycles. The Morgan fingerprint density at radius 1 is 0.960 bits per heavy atom. The SMILES string of the molecule is COC(=O)c1c(CCCO)c2ccc(Cl)c(-c3c(C)nn(C)c3C)c2n1CCCSCc1cc(CSc2cc(O)c3ccccc3c2)n(C)n1. The van der Waals surface area contributed by atoms with Crippen LogP contribution in [0.2, 0.25) is 5.02 Å². The molecule has 0 saturated heterocycles. The summed E-state index contributed by atoms with van der Waals surface area (Å²) in [6.07, 6.45) is 1.86. The molecule has 12 heteroatoms. The largest absolute Gasteiger partial charge is 0.507 e. The van der Waals surface area contributed by atoms with E-state index in [1.165, 1.54) is 7.11 Å². The number of aromatic nitrogens is 5. The monoisotopic (exact) mass is 731 g/mol. The Morgan fingerprint density at radius 3 is 2.50 bits per heavy atom. The maximum absolute atomic E-state index is 13.4. The number of fused-ring (bicyclic) bond motifs is 2. The number of methoxy groups -OCH3 is 1. The van der Waals surface area contributed by atoms with Gasteiger partial charge in [-0.1, -0.05) is 41.9 Å². The number of aliphatic hydroxyl groups is 1. The summed E-state index contributed by atoms with van der Waals surface area (Å²) in [7, 11) is 5.30. The smallest absolute Gasteiger partial charge is 0.354 e. The van der Waals surface area contributed by atoms with Crippen LogP contribution in [0.4, 0.5) is 0 Å². The number of hydrogen-bond acceptors (Lipinski definition) is 8. The average Bonchev–Trinajstić information content (AvgIpc) is 3.71. The van der Waals surface area contributed by atoms with Crippen molar-refractivity contribution in [2.45, 2.75) is 56.1 Å². The Labute approximate surface area is 305 Å². The van der Waals surface area contributed by atoms with Gasteiger partial charge in [0.15, 0.2) is 0 Å². The number of phenols is 1. The van der Waals surface area contributed by atoms with Gasteiger partial charge in [-0.05, 0) is 74.1 Å². The zero-order chi connectivity index (χ0) is 35.5. The Hall–Kier alpha value is -3.90. The maximum Gasteiger partial charge on any atom is 0.354 e. The van der Waals surface area contributed by atoms with Gasteiger partial charge in [-0.15, -0.1) is 11.8 Å². The van der Waals surface area contributed by atoms with Crippen molar-refractivity contribution in [1.29, 1.82) is 0 Å². The molecule has 0 aliphatic heterocycles. The Bertz CT molecular complexity index is 2190. The lowest BCUT2D eigenvalue weighted by Gasteiger charge is -2.14. The van der Waals surface area contributed by atoms with Crippen LogP contribution in [0.25, 0.3) is 32.8 Å². The molecule has 6 rings (SSSR count). The second-order valence-corrected chi connectivity index (χ2v) is 15.0. The summed E-state index contributed by atoms with van der Waals surface area (Å²) >= 11 is 10.4. The Morgan fingerprint density at radius 2 is 1.76 bits per heavy atom. The molecule has 9 nitrogen and oxygen atoms in total. The van der Waals surface area contributed by atoms with Crippen LogP contribution >= 0.6 is 35.1 Å². The van der Waals surface area contributed by atoms with E-state index in [1.54, 1.807) is 23.5 Å². The lowest BCUT2D eigenvalue weighted by atomic mass is 9.98. The number of carbonyl (C=O) groups excluding carboxylic acids is 1. The minimum Gasteiger partial charge on any atom is -0.507 e. The molecule has 2 N–H and O–H groups in total. The molecular weight excluding hydrogens is 690 g/mol. The van der Waals surface area contributed by atoms with Crippen LogP contribution in [-0.4, -0.2) is 59.8 Å². The third kappa shape index (κ3) is 7.14. The molecule has 0 saturated carbocycles. The minimum absolute atomic E-state index is 0.0200. The molecule has 3 heterocycles. The van der Waals surface area contributed by atoms with E-state index < -0.39 is 5.97 Å². The van der Waals surface area contributed by atoms with Gasteiger partial charge >= 0.3 is 5.97 Å². The predicted octanol–water partition coefficient (Wildman–Crippen LogP) is 8.23. The van der Waals surface area contributed by atoms with Gasteiger partial charge in [0.05, 0.1) is 29.0 Å². The lowest BCUT2D eigenvalue weighted by molar-refractivity contribution is 0.0587. The molecule has 0 bridgehead atoms. The van der Waals surface area contributed by atoms with Crippen molar-refractivity contribution in [1.82, 2.24) is 24.1 Å². The normalized spacial score (nSPS) is 11.7. The van der Waals surface area contributed by atoms with Crippen LogP contribution in [0.15, 0.2) is 59.5 Å². The highest BCUT2D eigenvalue weighted by Crippen LogP contribution is 2.42. The number of phenolic OH excluding ortho intramolecular Hbond substituents is 1. The molecule has 0 spiro atoms. The van der Waals surface area contributed by atoms with Crippen LogP contribution in [0.1, 0.15) is 51.7 Å². The molecule has 6 aromatic rings. The van der Waals surface area contributed by atoms with Crippen molar-refractivity contribution in [2.24, 2.45) is 14.1 Å². The standard InChI is InChI=1S/C38H42ClN5O4S2/c1-23-34(24(2)42(3)40-23)35-32(39)14-13-31-30(12-8-16-45)37(38(47)48-5)44(36(31)35)15-9-17-49-21-26-19-27(43(4)41-26)22-50-28-18-25-10-6-7-11-29(25)33(46)20-28/h6-7,10-11,13-14,18-20,45-46H,8-9,12,15-17,21-22H2,1-5H3. The average molecular weight is 732 g/mol. The number of hydrogen-bond donors (Lipinski definition) is 2. The summed E-state index contributed by atoms with van der Waals surface area (Å²) in [6.45, 7) is 4.61. The fourth-order valence-corrected chi connectivity index (χ4v) is 8.78. The molecule has 262 valence electrons. The van der Waals surface area contributed by atoms with Crippen molar-refractivity contribution in [3.63, 3.8) is 0 Å². The minimum atomic E-state index is -0.402. The predicted molar refractivity (Wildman–Crippen MR) is 205 cm³/mol. The van der Waals surface area contributed by atoms with E-state index in [0.29, 0.717) is 35.9 Å². The van der Waals surface area contributed by atoms with Crippen molar-refractivity contribution in [2.75, 3.05) is 19.5 Å². The van der Waals surface area contributed by atoms with E-state index >= 15 is 0 Å². The fourth-order valence-electron chi connectivity index (χ4n) is 6.71. The highest BCUT2D eigenvalue weighted by atomic mass is 35.5. The van der Waals surface area contributed by atoms with Gasteiger partial charge < -0.3 is 19.5 Å². The Kier molecular flexibility index (Phi) is 11.2. The quantitative estimate of drug-likeness (QED) is 0.0656. The highest BCUT2D eigenvalue weighted by Gasteiger charge is 2.28. The third-order valence-corrected chi connectivity index (χ3v) is 11.5. The number of benzene rings is 3. The number of esters is 1. The molecule has 0 unspecified atom stereocenters. The summed E-state index contributed by atoms with van der Waals surface area (Å²) in [5.74, 6) is 2.24. The van der Waals surface area contributed by atoms with Crippen molar-refractivity contribution >= 4 is 62.8 Å². The second kappa shape index (κ2) is 15.6. The number of carbonyl (C=O) groups is 1. The molecule has 0 fully saturated rings. The van der Waals surface area contributed by atoms with Crippen LogP contribution in [-0.2, 0) is 43.3 Å². The first kappa shape index (κ1) is 35.9. The number of rotatable bonds is 14. The van der Waals surface area contributed by atoms with Gasteiger partial charge in [-0.3, -0.25) is 9.36 Å². The van der Waals surface area contributed by atoms with E-state index in [-0.39, 0.29) is 6.61 Å². The zero-order valence-electron chi connectivity index (χ0n) is 29.0. The zero-order valence-corrected chi connectivity index (χ0v) is 31.4. The molecule has 0 atom stereocenters. The number of ether oxygens (including phenoxy) is 1. The summed E-state index contributed by atoms with van der Waals surface area (Å²) in [5, 5.41) is 33.0. The first-order chi connectivity index (χ1) is 24.1. The lowest BCUT2D eigenvalue weighted by Crippen LogP contribution is -2.14. The van der Waals surface area contributed by atoms with Gasteiger partial charge in [0.25, 0.3) is 0 Å². The summed E-state index contributed by atoms with van der Waals surface area (Å²) in [4.78, 5) is 14.4. The summed E-state index contributed by atoms with van der Waals surface area (Å²) in [5.41, 5.74) is 8.06. The van der Waals surface area contributed by atoms with Crippen LogP contribution in [0.3, 0.4) is 0 Å². The molecule has 3 aromatic heterocycles. The van der Waals surface area contributed by atoms with E-state index in [2.05, 4.69) is 21.8 Å². The number of aryl methyl sites for hydroxylation is 5.